The Bertz CT molecular complexity index is 194. The van der Waals surface area contributed by atoms with Crippen molar-refractivity contribution in [2.24, 2.45) is 11.8 Å². The maximum atomic E-state index is 3.59. The average Bonchev–Trinajstić information content (AvgIpc) is 2.79. The molecule has 0 aromatic carbocycles. The van der Waals surface area contributed by atoms with Crippen LogP contribution in [0.1, 0.15) is 34.1 Å². The number of piperazine rings is 1. The summed E-state index contributed by atoms with van der Waals surface area (Å²) in [7, 11) is 0. The first-order chi connectivity index (χ1) is 6.58. The van der Waals surface area contributed by atoms with Crippen molar-refractivity contribution in [1.82, 2.24) is 10.2 Å². The Kier molecular flexibility index (Phi) is 2.85. The van der Waals surface area contributed by atoms with Gasteiger partial charge in [0.1, 0.15) is 0 Å². The fourth-order valence-corrected chi connectivity index (χ4v) is 3.00. The van der Waals surface area contributed by atoms with E-state index in [4.69, 9.17) is 0 Å². The zero-order valence-corrected chi connectivity index (χ0v) is 9.96. The number of nitrogens with one attached hydrogen (secondary N) is 1. The lowest BCUT2D eigenvalue weighted by Gasteiger charge is -2.40. The van der Waals surface area contributed by atoms with Crippen LogP contribution in [0.2, 0.25) is 0 Å². The minimum absolute atomic E-state index is 0.662. The molecule has 1 aliphatic carbocycles. The Morgan fingerprint density at radius 1 is 1.14 bits per heavy atom. The van der Waals surface area contributed by atoms with Gasteiger partial charge in [0, 0.05) is 31.2 Å². The summed E-state index contributed by atoms with van der Waals surface area (Å²) >= 11 is 0. The summed E-state index contributed by atoms with van der Waals surface area (Å²) in [4.78, 5) is 2.68. The molecule has 0 bridgehead atoms. The maximum absolute atomic E-state index is 3.59. The minimum atomic E-state index is 0.662. The summed E-state index contributed by atoms with van der Waals surface area (Å²) in [5.41, 5.74) is 0. The van der Waals surface area contributed by atoms with E-state index >= 15 is 0 Å². The van der Waals surface area contributed by atoms with Gasteiger partial charge in [-0.1, -0.05) is 6.92 Å². The van der Waals surface area contributed by atoms with Crippen LogP contribution in [0.5, 0.6) is 0 Å². The van der Waals surface area contributed by atoms with Gasteiger partial charge in [0.05, 0.1) is 0 Å². The molecule has 1 heterocycles. The molecule has 2 fully saturated rings. The Balaban J connectivity index is 1.89. The fourth-order valence-electron chi connectivity index (χ4n) is 3.00. The van der Waals surface area contributed by atoms with E-state index in [-0.39, 0.29) is 0 Å². The van der Waals surface area contributed by atoms with Gasteiger partial charge in [-0.2, -0.15) is 0 Å². The normalized spacial score (nSPS) is 46.3. The predicted octanol–water partition coefficient (Wildman–Crippen LogP) is 1.71. The topological polar surface area (TPSA) is 15.3 Å². The Hall–Kier alpha value is -0.0800. The summed E-state index contributed by atoms with van der Waals surface area (Å²) in [6.07, 6.45) is 1.45. The summed E-state index contributed by atoms with van der Waals surface area (Å²) in [5, 5.41) is 3.59. The van der Waals surface area contributed by atoms with E-state index in [1.165, 1.54) is 19.5 Å². The Morgan fingerprint density at radius 3 is 2.07 bits per heavy atom. The third kappa shape index (κ3) is 2.12. The summed E-state index contributed by atoms with van der Waals surface area (Å²) in [6, 6.07) is 2.13. The van der Waals surface area contributed by atoms with Gasteiger partial charge >= 0.3 is 0 Å². The average molecular weight is 196 g/mol. The van der Waals surface area contributed by atoms with Gasteiger partial charge in [0.25, 0.3) is 0 Å². The molecule has 0 aromatic heterocycles. The minimum Gasteiger partial charge on any atom is -0.309 e. The molecule has 1 saturated heterocycles. The highest BCUT2D eigenvalue weighted by atomic mass is 15.2. The van der Waals surface area contributed by atoms with E-state index in [9.17, 15) is 0 Å². The second-order valence-electron chi connectivity index (χ2n) is 5.54. The van der Waals surface area contributed by atoms with Crippen LogP contribution in [0, 0.1) is 11.8 Å². The molecule has 0 amide bonds. The largest absolute Gasteiger partial charge is 0.309 e. The van der Waals surface area contributed by atoms with Crippen molar-refractivity contribution >= 4 is 0 Å². The van der Waals surface area contributed by atoms with Gasteiger partial charge in [-0.05, 0) is 39.0 Å². The number of hydrogen-bond donors (Lipinski definition) is 1. The van der Waals surface area contributed by atoms with E-state index in [1.54, 1.807) is 0 Å². The molecule has 0 radical (unpaired) electrons. The van der Waals surface area contributed by atoms with Crippen molar-refractivity contribution < 1.29 is 0 Å². The van der Waals surface area contributed by atoms with Gasteiger partial charge in [-0.3, -0.25) is 4.90 Å². The van der Waals surface area contributed by atoms with Crippen LogP contribution in [0.15, 0.2) is 0 Å². The molecule has 0 spiro atoms. The highest BCUT2D eigenvalue weighted by Gasteiger charge is 2.40. The van der Waals surface area contributed by atoms with Crippen LogP contribution in [-0.4, -0.2) is 36.1 Å². The molecular formula is C12H24N2. The van der Waals surface area contributed by atoms with Crippen molar-refractivity contribution in [1.29, 1.82) is 0 Å². The molecule has 5 unspecified atom stereocenters. The summed E-state index contributed by atoms with van der Waals surface area (Å²) < 4.78 is 0. The smallest absolute Gasteiger partial charge is 0.0169 e. The van der Waals surface area contributed by atoms with E-state index < -0.39 is 0 Å². The molecule has 5 atom stereocenters. The van der Waals surface area contributed by atoms with Crippen molar-refractivity contribution in [2.45, 2.75) is 52.2 Å². The number of hydrogen-bond acceptors (Lipinski definition) is 2. The molecule has 14 heavy (non-hydrogen) atoms. The van der Waals surface area contributed by atoms with Crippen molar-refractivity contribution in [3.8, 4) is 0 Å². The number of nitrogens with zero attached hydrogens (tertiary/aromatic N) is 1. The van der Waals surface area contributed by atoms with Crippen LogP contribution in [0.3, 0.4) is 0 Å². The molecule has 1 saturated carbocycles. The van der Waals surface area contributed by atoms with Gasteiger partial charge in [0.15, 0.2) is 0 Å². The SMILES string of the molecule is CC1CN(C(C)C2CC2C)CC(C)N1. The molecule has 2 heteroatoms. The first-order valence-corrected chi connectivity index (χ1v) is 6.08. The van der Waals surface area contributed by atoms with E-state index in [0.717, 1.165) is 17.9 Å². The van der Waals surface area contributed by atoms with Crippen molar-refractivity contribution in [3.05, 3.63) is 0 Å². The van der Waals surface area contributed by atoms with Crippen LogP contribution in [-0.2, 0) is 0 Å². The first kappa shape index (κ1) is 10.4. The zero-order valence-electron chi connectivity index (χ0n) is 9.96. The monoisotopic (exact) mass is 196 g/mol. The highest BCUT2D eigenvalue weighted by Crippen LogP contribution is 2.42. The Morgan fingerprint density at radius 2 is 1.64 bits per heavy atom. The first-order valence-electron chi connectivity index (χ1n) is 6.08. The third-order valence-corrected chi connectivity index (χ3v) is 3.95. The Labute approximate surface area is 88.1 Å². The second kappa shape index (κ2) is 3.82. The third-order valence-electron chi connectivity index (χ3n) is 3.95. The molecule has 0 aromatic rings. The van der Waals surface area contributed by atoms with E-state index in [0.29, 0.717) is 12.1 Å². The highest BCUT2D eigenvalue weighted by molar-refractivity contribution is 4.94. The summed E-state index contributed by atoms with van der Waals surface area (Å²) in [6.45, 7) is 11.9. The molecule has 2 rings (SSSR count). The fraction of sp³-hybridized carbons (Fsp3) is 1.00. The molecular weight excluding hydrogens is 172 g/mol. The standard InChI is InChI=1S/C12H24N2/c1-8-5-12(8)11(4)14-6-9(2)13-10(3)7-14/h8-13H,5-7H2,1-4H3. The van der Waals surface area contributed by atoms with Crippen LogP contribution >= 0.6 is 0 Å². The van der Waals surface area contributed by atoms with Crippen molar-refractivity contribution in [3.63, 3.8) is 0 Å². The van der Waals surface area contributed by atoms with Crippen molar-refractivity contribution in [2.75, 3.05) is 13.1 Å². The lowest BCUT2D eigenvalue weighted by atomic mass is 10.1. The van der Waals surface area contributed by atoms with Crippen LogP contribution in [0.25, 0.3) is 0 Å². The zero-order chi connectivity index (χ0) is 10.3. The maximum Gasteiger partial charge on any atom is 0.0169 e. The van der Waals surface area contributed by atoms with E-state index in [1.807, 2.05) is 0 Å². The lowest BCUT2D eigenvalue weighted by molar-refractivity contribution is 0.117. The van der Waals surface area contributed by atoms with Gasteiger partial charge in [-0.25, -0.2) is 0 Å². The molecule has 2 nitrogen and oxygen atoms in total. The number of rotatable bonds is 2. The van der Waals surface area contributed by atoms with Crippen LogP contribution in [0.4, 0.5) is 0 Å². The molecule has 2 aliphatic rings. The molecule has 1 aliphatic heterocycles. The van der Waals surface area contributed by atoms with E-state index in [2.05, 4.69) is 37.9 Å². The van der Waals surface area contributed by atoms with Gasteiger partial charge in [-0.15, -0.1) is 0 Å². The van der Waals surface area contributed by atoms with Crippen LogP contribution < -0.4 is 5.32 Å². The summed E-state index contributed by atoms with van der Waals surface area (Å²) in [5.74, 6) is 1.96. The molecule has 1 N–H and O–H groups in total. The lowest BCUT2D eigenvalue weighted by Crippen LogP contribution is -2.56. The van der Waals surface area contributed by atoms with Gasteiger partial charge < -0.3 is 5.32 Å². The van der Waals surface area contributed by atoms with Gasteiger partial charge in [0.2, 0.25) is 0 Å². The quantitative estimate of drug-likeness (QED) is 0.723. The molecule has 82 valence electrons. The predicted molar refractivity (Wildman–Crippen MR) is 60.4 cm³/mol. The second-order valence-corrected chi connectivity index (χ2v) is 5.54.